The molecule has 0 atom stereocenters. The fraction of sp³-hybridized carbons (Fsp3) is 0.263. The van der Waals surface area contributed by atoms with Crippen LogP contribution in [0.2, 0.25) is 0 Å². The van der Waals surface area contributed by atoms with E-state index in [0.29, 0.717) is 31.2 Å². The van der Waals surface area contributed by atoms with E-state index in [2.05, 4.69) is 15.2 Å². The van der Waals surface area contributed by atoms with E-state index in [1.165, 1.54) is 0 Å². The number of thiophene rings is 1. The molecule has 7 nitrogen and oxygen atoms in total. The molecule has 4 aromatic heterocycles. The lowest BCUT2D eigenvalue weighted by Gasteiger charge is -2.17. The predicted octanol–water partition coefficient (Wildman–Crippen LogP) is 3.35. The summed E-state index contributed by atoms with van der Waals surface area (Å²) < 4.78 is 7.66. The average molecular weight is 381 g/mol. The molecule has 1 amide bonds. The number of rotatable bonds is 6. The standard InChI is InChI=1S/C19H19N5O2S/c1-13-15(24-9-4-3-5-16(24)20-13)11-23(2)18(25)7-6-17-21-22-19(26-17)14-8-10-27-12-14/h3-5,8-10,12H,6-7,11H2,1-2H3. The Kier molecular flexibility index (Phi) is 4.72. The molecule has 138 valence electrons. The van der Waals surface area contributed by atoms with Gasteiger partial charge in [0.25, 0.3) is 0 Å². The van der Waals surface area contributed by atoms with Gasteiger partial charge in [0.15, 0.2) is 0 Å². The van der Waals surface area contributed by atoms with Crippen molar-refractivity contribution in [1.82, 2.24) is 24.5 Å². The second kappa shape index (κ2) is 7.32. The topological polar surface area (TPSA) is 76.5 Å². The summed E-state index contributed by atoms with van der Waals surface area (Å²) in [6.45, 7) is 2.46. The minimum absolute atomic E-state index is 0.0237. The maximum Gasteiger partial charge on any atom is 0.248 e. The summed E-state index contributed by atoms with van der Waals surface area (Å²) >= 11 is 1.57. The van der Waals surface area contributed by atoms with Crippen LogP contribution < -0.4 is 0 Å². The fourth-order valence-corrected chi connectivity index (χ4v) is 3.56. The van der Waals surface area contributed by atoms with E-state index in [-0.39, 0.29) is 5.91 Å². The number of amides is 1. The van der Waals surface area contributed by atoms with Crippen LogP contribution in [0, 0.1) is 6.92 Å². The van der Waals surface area contributed by atoms with Gasteiger partial charge in [-0.15, -0.1) is 10.2 Å². The Labute approximate surface area is 160 Å². The molecule has 0 aliphatic carbocycles. The van der Waals surface area contributed by atoms with E-state index in [9.17, 15) is 4.79 Å². The monoisotopic (exact) mass is 381 g/mol. The van der Waals surface area contributed by atoms with Crippen molar-refractivity contribution in [2.75, 3.05) is 7.05 Å². The quantitative estimate of drug-likeness (QED) is 0.512. The first kappa shape index (κ1) is 17.4. The minimum atomic E-state index is 0.0237. The summed E-state index contributed by atoms with van der Waals surface area (Å²) in [5.74, 6) is 0.993. The summed E-state index contributed by atoms with van der Waals surface area (Å²) in [5, 5.41) is 12.0. The molecule has 0 aliphatic heterocycles. The number of hydrogen-bond acceptors (Lipinski definition) is 6. The first-order chi connectivity index (χ1) is 13.1. The van der Waals surface area contributed by atoms with Gasteiger partial charge in [-0.3, -0.25) is 4.79 Å². The third-order valence-electron chi connectivity index (χ3n) is 4.43. The molecule has 4 aromatic rings. The number of fused-ring (bicyclic) bond motifs is 1. The highest BCUT2D eigenvalue weighted by atomic mass is 32.1. The Morgan fingerprint density at radius 3 is 3.00 bits per heavy atom. The number of pyridine rings is 1. The Morgan fingerprint density at radius 1 is 1.30 bits per heavy atom. The molecule has 0 bridgehead atoms. The van der Waals surface area contributed by atoms with Gasteiger partial charge < -0.3 is 13.7 Å². The molecular weight excluding hydrogens is 362 g/mol. The molecule has 0 unspecified atom stereocenters. The summed E-state index contributed by atoms with van der Waals surface area (Å²) in [5.41, 5.74) is 3.74. The number of imidazole rings is 1. The van der Waals surface area contributed by atoms with Crippen molar-refractivity contribution in [3.05, 3.63) is 58.5 Å². The van der Waals surface area contributed by atoms with Gasteiger partial charge in [0.05, 0.1) is 17.9 Å². The maximum atomic E-state index is 12.5. The van der Waals surface area contributed by atoms with Crippen LogP contribution in [0.3, 0.4) is 0 Å². The molecule has 0 fully saturated rings. The average Bonchev–Trinajstić information content (AvgIpc) is 3.40. The predicted molar refractivity (Wildman–Crippen MR) is 102 cm³/mol. The smallest absolute Gasteiger partial charge is 0.248 e. The molecule has 0 saturated heterocycles. The van der Waals surface area contributed by atoms with Gasteiger partial charge in [-0.05, 0) is 30.5 Å². The largest absolute Gasteiger partial charge is 0.421 e. The Balaban J connectivity index is 1.39. The Morgan fingerprint density at radius 2 is 2.19 bits per heavy atom. The van der Waals surface area contributed by atoms with Crippen LogP contribution in [-0.4, -0.2) is 37.4 Å². The van der Waals surface area contributed by atoms with E-state index < -0.39 is 0 Å². The summed E-state index contributed by atoms with van der Waals surface area (Å²) in [7, 11) is 1.80. The highest BCUT2D eigenvalue weighted by Gasteiger charge is 2.16. The number of aryl methyl sites for hydroxylation is 2. The van der Waals surface area contributed by atoms with E-state index in [1.807, 2.05) is 52.5 Å². The SMILES string of the molecule is Cc1nc2ccccn2c1CN(C)C(=O)CCc1nnc(-c2ccsc2)o1. The van der Waals surface area contributed by atoms with Crippen molar-refractivity contribution in [3.63, 3.8) is 0 Å². The first-order valence-corrected chi connectivity index (χ1v) is 9.57. The molecule has 0 spiro atoms. The number of nitrogens with zero attached hydrogens (tertiary/aromatic N) is 5. The number of carbonyl (C=O) groups is 1. The zero-order valence-corrected chi connectivity index (χ0v) is 15.9. The highest BCUT2D eigenvalue weighted by molar-refractivity contribution is 7.08. The normalized spacial score (nSPS) is 11.2. The molecule has 0 saturated carbocycles. The van der Waals surface area contributed by atoms with E-state index in [0.717, 1.165) is 22.6 Å². The lowest BCUT2D eigenvalue weighted by molar-refractivity contribution is -0.130. The Bertz CT molecular complexity index is 1070. The summed E-state index contributed by atoms with van der Waals surface area (Å²) in [4.78, 5) is 18.8. The van der Waals surface area contributed by atoms with Crippen molar-refractivity contribution < 1.29 is 9.21 Å². The van der Waals surface area contributed by atoms with Crippen molar-refractivity contribution in [3.8, 4) is 11.5 Å². The fourth-order valence-electron chi connectivity index (χ4n) is 2.93. The number of carbonyl (C=O) groups excluding carboxylic acids is 1. The van der Waals surface area contributed by atoms with Gasteiger partial charge in [-0.25, -0.2) is 4.98 Å². The van der Waals surface area contributed by atoms with Crippen LogP contribution in [0.4, 0.5) is 0 Å². The summed E-state index contributed by atoms with van der Waals surface area (Å²) in [6, 6.07) is 7.80. The molecular formula is C19H19N5O2S. The first-order valence-electron chi connectivity index (χ1n) is 8.63. The van der Waals surface area contributed by atoms with Crippen LogP contribution in [0.25, 0.3) is 17.1 Å². The second-order valence-corrected chi connectivity index (χ2v) is 7.12. The van der Waals surface area contributed by atoms with E-state index >= 15 is 0 Å². The minimum Gasteiger partial charge on any atom is -0.421 e. The molecule has 8 heteroatoms. The van der Waals surface area contributed by atoms with Gasteiger partial charge >= 0.3 is 0 Å². The molecule has 0 aromatic carbocycles. The molecule has 0 aliphatic rings. The van der Waals surface area contributed by atoms with Crippen LogP contribution in [0.5, 0.6) is 0 Å². The van der Waals surface area contributed by atoms with Crippen LogP contribution in [0.15, 0.2) is 45.6 Å². The molecule has 27 heavy (non-hydrogen) atoms. The lowest BCUT2D eigenvalue weighted by atomic mass is 10.2. The van der Waals surface area contributed by atoms with Crippen molar-refractivity contribution in [2.45, 2.75) is 26.3 Å². The number of hydrogen-bond donors (Lipinski definition) is 0. The maximum absolute atomic E-state index is 12.5. The number of aromatic nitrogens is 4. The molecule has 0 radical (unpaired) electrons. The third-order valence-corrected chi connectivity index (χ3v) is 5.11. The van der Waals surface area contributed by atoms with E-state index in [4.69, 9.17) is 4.42 Å². The highest BCUT2D eigenvalue weighted by Crippen LogP contribution is 2.21. The molecule has 4 rings (SSSR count). The molecule has 4 heterocycles. The van der Waals surface area contributed by atoms with Crippen molar-refractivity contribution in [1.29, 1.82) is 0 Å². The molecule has 0 N–H and O–H groups in total. The third kappa shape index (κ3) is 3.61. The van der Waals surface area contributed by atoms with Gasteiger partial charge in [0.1, 0.15) is 5.65 Å². The summed E-state index contributed by atoms with van der Waals surface area (Å²) in [6.07, 6.45) is 2.71. The Hall–Kier alpha value is -3.00. The van der Waals surface area contributed by atoms with Crippen LogP contribution in [0.1, 0.15) is 23.7 Å². The van der Waals surface area contributed by atoms with Crippen molar-refractivity contribution in [2.24, 2.45) is 0 Å². The van der Waals surface area contributed by atoms with Gasteiger partial charge in [-0.2, -0.15) is 11.3 Å². The van der Waals surface area contributed by atoms with Gasteiger partial charge in [0, 0.05) is 37.0 Å². The lowest BCUT2D eigenvalue weighted by Crippen LogP contribution is -2.27. The van der Waals surface area contributed by atoms with Gasteiger partial charge in [-0.1, -0.05) is 6.07 Å². The zero-order chi connectivity index (χ0) is 18.8. The van der Waals surface area contributed by atoms with Crippen LogP contribution in [-0.2, 0) is 17.8 Å². The van der Waals surface area contributed by atoms with E-state index in [1.54, 1.807) is 23.3 Å². The second-order valence-electron chi connectivity index (χ2n) is 6.34. The van der Waals surface area contributed by atoms with Crippen molar-refractivity contribution >= 4 is 22.9 Å². The zero-order valence-electron chi connectivity index (χ0n) is 15.1. The van der Waals surface area contributed by atoms with Gasteiger partial charge in [0.2, 0.25) is 17.7 Å². The van der Waals surface area contributed by atoms with Crippen LogP contribution >= 0.6 is 11.3 Å².